The number of aromatic nitrogens is 3. The number of rotatable bonds is 14. The quantitative estimate of drug-likeness (QED) is 0.327. The molecule has 2 heterocycles. The maximum atomic E-state index is 10.4. The summed E-state index contributed by atoms with van der Waals surface area (Å²) in [4.78, 5) is 11.6. The Balaban J connectivity index is 1.56. The Hall–Kier alpha value is -1.34. The SMILES string of the molecule is CCn1c(SCCCCCCCCCCC(=O)O)nnc1-c1cccs1. The molecular formula is C19H29N3O2S2. The Bertz CT molecular complexity index is 641. The van der Waals surface area contributed by atoms with Crippen molar-refractivity contribution >= 4 is 29.1 Å². The lowest BCUT2D eigenvalue weighted by atomic mass is 10.1. The molecule has 0 saturated heterocycles. The van der Waals surface area contributed by atoms with Crippen molar-refractivity contribution in [2.45, 2.75) is 76.4 Å². The van der Waals surface area contributed by atoms with Crippen molar-refractivity contribution in [3.63, 3.8) is 0 Å². The minimum absolute atomic E-state index is 0.313. The highest BCUT2D eigenvalue weighted by Gasteiger charge is 2.13. The van der Waals surface area contributed by atoms with Crippen LogP contribution >= 0.6 is 23.1 Å². The number of nitrogens with zero attached hydrogens (tertiary/aromatic N) is 3. The zero-order valence-electron chi connectivity index (χ0n) is 15.5. The van der Waals surface area contributed by atoms with E-state index < -0.39 is 5.97 Å². The number of hydrogen-bond donors (Lipinski definition) is 1. The number of thiophene rings is 1. The van der Waals surface area contributed by atoms with Crippen LogP contribution in [-0.2, 0) is 11.3 Å². The minimum Gasteiger partial charge on any atom is -0.481 e. The number of carboxylic acid groups (broad SMARTS) is 1. The molecule has 5 nitrogen and oxygen atoms in total. The van der Waals surface area contributed by atoms with Crippen molar-refractivity contribution in [1.29, 1.82) is 0 Å². The third-order valence-corrected chi connectivity index (χ3v) is 6.21. The van der Waals surface area contributed by atoms with Gasteiger partial charge in [0, 0.05) is 18.7 Å². The van der Waals surface area contributed by atoms with Crippen LogP contribution in [0.15, 0.2) is 22.7 Å². The predicted octanol–water partition coefficient (Wildman–Crippen LogP) is 5.71. The molecule has 2 aromatic rings. The molecule has 0 unspecified atom stereocenters. The van der Waals surface area contributed by atoms with E-state index in [9.17, 15) is 4.79 Å². The molecule has 0 bridgehead atoms. The summed E-state index contributed by atoms with van der Waals surface area (Å²) < 4.78 is 2.20. The van der Waals surface area contributed by atoms with Gasteiger partial charge in [0.2, 0.25) is 0 Å². The van der Waals surface area contributed by atoms with Crippen LogP contribution in [0.25, 0.3) is 10.7 Å². The van der Waals surface area contributed by atoms with Gasteiger partial charge in [-0.05, 0) is 31.2 Å². The molecule has 144 valence electrons. The molecule has 7 heteroatoms. The normalized spacial score (nSPS) is 11.1. The van der Waals surface area contributed by atoms with E-state index in [1.165, 1.54) is 37.0 Å². The highest BCUT2D eigenvalue weighted by atomic mass is 32.2. The van der Waals surface area contributed by atoms with Gasteiger partial charge >= 0.3 is 5.97 Å². The highest BCUT2D eigenvalue weighted by Crippen LogP contribution is 2.27. The van der Waals surface area contributed by atoms with Gasteiger partial charge in [-0.3, -0.25) is 4.79 Å². The summed E-state index contributed by atoms with van der Waals surface area (Å²) in [7, 11) is 0. The number of carboxylic acids is 1. The molecule has 0 spiro atoms. The van der Waals surface area contributed by atoms with Gasteiger partial charge in [-0.25, -0.2) is 0 Å². The standard InChI is InChI=1S/C19H29N3O2S2/c1-2-22-18(16-12-11-15-25-16)20-21-19(22)26-14-10-8-6-4-3-5-7-9-13-17(23)24/h11-12,15H,2-10,13-14H2,1H3,(H,23,24). The zero-order valence-corrected chi connectivity index (χ0v) is 17.2. The summed E-state index contributed by atoms with van der Waals surface area (Å²) in [5.41, 5.74) is 0. The first-order valence-electron chi connectivity index (χ1n) is 9.54. The monoisotopic (exact) mass is 395 g/mol. The van der Waals surface area contributed by atoms with Gasteiger partial charge in [0.25, 0.3) is 0 Å². The van der Waals surface area contributed by atoms with Crippen molar-refractivity contribution < 1.29 is 9.90 Å². The Morgan fingerprint density at radius 2 is 1.81 bits per heavy atom. The minimum atomic E-state index is -0.677. The Kier molecular flexibility index (Phi) is 9.77. The fourth-order valence-corrected chi connectivity index (χ4v) is 4.59. The van der Waals surface area contributed by atoms with E-state index in [-0.39, 0.29) is 0 Å². The van der Waals surface area contributed by atoms with E-state index in [1.807, 2.05) is 6.07 Å². The van der Waals surface area contributed by atoms with Gasteiger partial charge in [0.05, 0.1) is 4.88 Å². The van der Waals surface area contributed by atoms with E-state index in [0.29, 0.717) is 6.42 Å². The van der Waals surface area contributed by atoms with E-state index in [0.717, 1.165) is 42.5 Å². The first-order valence-corrected chi connectivity index (χ1v) is 11.4. The molecule has 2 aromatic heterocycles. The van der Waals surface area contributed by atoms with Gasteiger partial charge in [-0.15, -0.1) is 21.5 Å². The molecule has 0 radical (unpaired) electrons. The Morgan fingerprint density at radius 1 is 1.12 bits per heavy atom. The van der Waals surface area contributed by atoms with Crippen LogP contribution in [0.5, 0.6) is 0 Å². The number of carbonyl (C=O) groups is 1. The Morgan fingerprint density at radius 3 is 2.42 bits per heavy atom. The average Bonchev–Trinajstić information content (AvgIpc) is 3.28. The molecular weight excluding hydrogens is 366 g/mol. The summed E-state index contributed by atoms with van der Waals surface area (Å²) in [5.74, 6) is 1.39. The lowest BCUT2D eigenvalue weighted by Crippen LogP contribution is -1.99. The third kappa shape index (κ3) is 7.11. The fourth-order valence-electron chi connectivity index (χ4n) is 2.87. The largest absolute Gasteiger partial charge is 0.481 e. The number of thioether (sulfide) groups is 1. The van der Waals surface area contributed by atoms with E-state index in [2.05, 4.69) is 33.1 Å². The zero-order chi connectivity index (χ0) is 18.6. The van der Waals surface area contributed by atoms with Crippen LogP contribution in [0.2, 0.25) is 0 Å². The summed E-state index contributed by atoms with van der Waals surface area (Å²) >= 11 is 3.51. The second-order valence-electron chi connectivity index (χ2n) is 6.35. The van der Waals surface area contributed by atoms with E-state index >= 15 is 0 Å². The molecule has 0 atom stereocenters. The molecule has 0 amide bonds. The molecule has 26 heavy (non-hydrogen) atoms. The van der Waals surface area contributed by atoms with E-state index in [4.69, 9.17) is 5.11 Å². The summed E-state index contributed by atoms with van der Waals surface area (Å²) in [5, 5.41) is 20.4. The van der Waals surface area contributed by atoms with Crippen molar-refractivity contribution in [1.82, 2.24) is 14.8 Å². The van der Waals surface area contributed by atoms with Gasteiger partial charge < -0.3 is 9.67 Å². The summed E-state index contributed by atoms with van der Waals surface area (Å²) in [6.45, 7) is 3.03. The lowest BCUT2D eigenvalue weighted by Gasteiger charge is -2.06. The van der Waals surface area contributed by atoms with Crippen LogP contribution in [0.1, 0.15) is 64.7 Å². The van der Waals surface area contributed by atoms with Crippen LogP contribution in [0.4, 0.5) is 0 Å². The number of unbranched alkanes of at least 4 members (excludes halogenated alkanes) is 7. The van der Waals surface area contributed by atoms with Gasteiger partial charge in [-0.1, -0.05) is 56.4 Å². The van der Waals surface area contributed by atoms with Crippen LogP contribution in [-0.4, -0.2) is 31.6 Å². The van der Waals surface area contributed by atoms with Crippen LogP contribution in [0.3, 0.4) is 0 Å². The molecule has 0 aliphatic rings. The topological polar surface area (TPSA) is 68.0 Å². The van der Waals surface area contributed by atoms with Crippen molar-refractivity contribution in [3.8, 4) is 10.7 Å². The summed E-state index contributed by atoms with van der Waals surface area (Å²) in [6.07, 6.45) is 9.53. The lowest BCUT2D eigenvalue weighted by molar-refractivity contribution is -0.137. The van der Waals surface area contributed by atoms with Crippen molar-refractivity contribution in [3.05, 3.63) is 17.5 Å². The highest BCUT2D eigenvalue weighted by molar-refractivity contribution is 7.99. The maximum absolute atomic E-state index is 10.4. The predicted molar refractivity (Wildman–Crippen MR) is 109 cm³/mol. The van der Waals surface area contributed by atoms with Crippen LogP contribution < -0.4 is 0 Å². The Labute approximate surface area is 164 Å². The molecule has 0 saturated carbocycles. The van der Waals surface area contributed by atoms with Gasteiger partial charge in [-0.2, -0.15) is 0 Å². The van der Waals surface area contributed by atoms with Crippen molar-refractivity contribution in [2.75, 3.05) is 5.75 Å². The summed E-state index contributed by atoms with van der Waals surface area (Å²) in [6, 6.07) is 4.14. The molecule has 0 aromatic carbocycles. The first kappa shape index (κ1) is 21.0. The van der Waals surface area contributed by atoms with Crippen LogP contribution in [0, 0.1) is 0 Å². The molecule has 0 aliphatic carbocycles. The second-order valence-corrected chi connectivity index (χ2v) is 8.36. The molecule has 0 aliphatic heterocycles. The van der Waals surface area contributed by atoms with Gasteiger partial charge in [0.15, 0.2) is 11.0 Å². The van der Waals surface area contributed by atoms with E-state index in [1.54, 1.807) is 23.1 Å². The molecule has 1 N–H and O–H groups in total. The fraction of sp³-hybridized carbons (Fsp3) is 0.632. The smallest absolute Gasteiger partial charge is 0.303 e. The number of aliphatic carboxylic acids is 1. The maximum Gasteiger partial charge on any atom is 0.303 e. The average molecular weight is 396 g/mol. The first-order chi connectivity index (χ1) is 12.7. The third-order valence-electron chi connectivity index (χ3n) is 4.29. The second kappa shape index (κ2) is 12.1. The van der Waals surface area contributed by atoms with Gasteiger partial charge in [0.1, 0.15) is 0 Å². The number of hydrogen-bond acceptors (Lipinski definition) is 5. The molecule has 2 rings (SSSR count). The van der Waals surface area contributed by atoms with Crippen molar-refractivity contribution in [2.24, 2.45) is 0 Å². The molecule has 0 fully saturated rings.